The van der Waals surface area contributed by atoms with Crippen LogP contribution in [-0.2, 0) is 4.79 Å². The van der Waals surface area contributed by atoms with Crippen LogP contribution in [0.4, 0.5) is 5.69 Å². The molecule has 1 aromatic rings. The Balaban J connectivity index is 2.74. The van der Waals surface area contributed by atoms with Crippen molar-refractivity contribution in [2.75, 3.05) is 5.32 Å². The second-order valence-corrected chi connectivity index (χ2v) is 6.93. The predicted molar refractivity (Wildman–Crippen MR) is 84.0 cm³/mol. The normalized spacial score (nSPS) is 12.5. The Kier molecular flexibility index (Phi) is 6.69. The van der Waals surface area contributed by atoms with E-state index in [0.29, 0.717) is 23.1 Å². The molecule has 0 heterocycles. The van der Waals surface area contributed by atoms with Crippen molar-refractivity contribution < 1.29 is 4.79 Å². The van der Waals surface area contributed by atoms with Crippen molar-refractivity contribution >= 4 is 35.0 Å². The Hall–Kier alpha value is -0.710. The molecule has 0 aliphatic carbocycles. The minimum atomic E-state index is -0.0230. The molecule has 0 aliphatic rings. The van der Waals surface area contributed by atoms with Crippen molar-refractivity contribution in [2.45, 2.75) is 49.8 Å². The molecule has 1 aromatic carbocycles. The number of thioether (sulfide) groups is 1. The number of hydrogen-bond acceptors (Lipinski definition) is 3. The molecule has 0 saturated heterocycles. The highest BCUT2D eigenvalue weighted by Crippen LogP contribution is 2.32. The number of benzene rings is 1. The van der Waals surface area contributed by atoms with Gasteiger partial charge in [0.2, 0.25) is 5.91 Å². The zero-order valence-corrected chi connectivity index (χ0v) is 13.1. The van der Waals surface area contributed by atoms with Crippen molar-refractivity contribution in [2.24, 2.45) is 5.73 Å². The molecule has 0 aromatic heterocycles. The molecule has 5 heteroatoms. The Bertz CT molecular complexity index is 435. The smallest absolute Gasteiger partial charge is 0.224 e. The van der Waals surface area contributed by atoms with Gasteiger partial charge in [0.15, 0.2) is 0 Å². The van der Waals surface area contributed by atoms with Crippen LogP contribution >= 0.6 is 23.4 Å². The first-order chi connectivity index (χ1) is 8.88. The van der Waals surface area contributed by atoms with Crippen LogP contribution in [0.1, 0.15) is 33.6 Å². The Morgan fingerprint density at radius 3 is 2.68 bits per heavy atom. The maximum Gasteiger partial charge on any atom is 0.224 e. The summed E-state index contributed by atoms with van der Waals surface area (Å²) in [6, 6.07) is 5.60. The van der Waals surface area contributed by atoms with Crippen molar-refractivity contribution in [1.82, 2.24) is 0 Å². The lowest BCUT2D eigenvalue weighted by Crippen LogP contribution is -2.19. The first-order valence-corrected chi connectivity index (χ1v) is 7.66. The SMILES string of the molecule is CC(N)CCC(=O)Nc1cc(Cl)ccc1SC(C)C. The van der Waals surface area contributed by atoms with Gasteiger partial charge < -0.3 is 11.1 Å². The van der Waals surface area contributed by atoms with Crippen LogP contribution in [0.25, 0.3) is 0 Å². The summed E-state index contributed by atoms with van der Waals surface area (Å²) < 4.78 is 0. The number of carbonyl (C=O) groups is 1. The molecule has 1 rings (SSSR count). The topological polar surface area (TPSA) is 55.1 Å². The number of amides is 1. The van der Waals surface area contributed by atoms with E-state index in [1.54, 1.807) is 17.8 Å². The molecule has 19 heavy (non-hydrogen) atoms. The zero-order chi connectivity index (χ0) is 14.4. The fraction of sp³-hybridized carbons (Fsp3) is 0.500. The quantitative estimate of drug-likeness (QED) is 0.783. The van der Waals surface area contributed by atoms with Gasteiger partial charge >= 0.3 is 0 Å². The van der Waals surface area contributed by atoms with Gasteiger partial charge in [-0.1, -0.05) is 25.4 Å². The maximum absolute atomic E-state index is 11.8. The third-order valence-corrected chi connectivity index (χ3v) is 3.72. The molecule has 1 amide bonds. The standard InChI is InChI=1S/C14H21ClN2OS/c1-9(2)19-13-6-5-11(15)8-12(13)17-14(18)7-4-10(3)16/h5-6,8-10H,4,7,16H2,1-3H3,(H,17,18). The number of rotatable bonds is 6. The summed E-state index contributed by atoms with van der Waals surface area (Å²) in [5, 5.41) is 3.98. The predicted octanol–water partition coefficient (Wildman–Crippen LogP) is 3.91. The number of nitrogens with two attached hydrogens (primary N) is 1. The average Bonchev–Trinajstić information content (AvgIpc) is 2.29. The second kappa shape index (κ2) is 7.78. The van der Waals surface area contributed by atoms with Crippen LogP contribution in [-0.4, -0.2) is 17.2 Å². The van der Waals surface area contributed by atoms with Gasteiger partial charge in [-0.2, -0.15) is 0 Å². The van der Waals surface area contributed by atoms with E-state index in [1.807, 2.05) is 19.1 Å². The van der Waals surface area contributed by atoms with Crippen LogP contribution < -0.4 is 11.1 Å². The van der Waals surface area contributed by atoms with Gasteiger partial charge in [-0.05, 0) is 31.5 Å². The van der Waals surface area contributed by atoms with Gasteiger partial charge in [0, 0.05) is 27.6 Å². The minimum absolute atomic E-state index is 0.0230. The van der Waals surface area contributed by atoms with Gasteiger partial charge in [0.25, 0.3) is 0 Å². The van der Waals surface area contributed by atoms with Crippen molar-refractivity contribution in [3.8, 4) is 0 Å². The van der Waals surface area contributed by atoms with Gasteiger partial charge in [-0.25, -0.2) is 0 Å². The summed E-state index contributed by atoms with van der Waals surface area (Å²) in [5.74, 6) is -0.0230. The molecule has 1 unspecified atom stereocenters. The van der Waals surface area contributed by atoms with E-state index in [0.717, 1.165) is 10.6 Å². The summed E-state index contributed by atoms with van der Waals surface area (Å²) in [4.78, 5) is 12.9. The minimum Gasteiger partial charge on any atom is -0.328 e. The molecular weight excluding hydrogens is 280 g/mol. The number of carbonyl (C=O) groups excluding carboxylic acids is 1. The Morgan fingerprint density at radius 1 is 1.42 bits per heavy atom. The summed E-state index contributed by atoms with van der Waals surface area (Å²) in [6.07, 6.45) is 1.11. The Morgan fingerprint density at radius 2 is 2.11 bits per heavy atom. The zero-order valence-electron chi connectivity index (χ0n) is 11.6. The van der Waals surface area contributed by atoms with Crippen LogP contribution in [0.15, 0.2) is 23.1 Å². The lowest BCUT2D eigenvalue weighted by molar-refractivity contribution is -0.116. The van der Waals surface area contributed by atoms with E-state index in [4.69, 9.17) is 17.3 Å². The molecule has 0 bridgehead atoms. The van der Waals surface area contributed by atoms with Crippen molar-refractivity contribution in [1.29, 1.82) is 0 Å². The number of halogens is 1. The van der Waals surface area contributed by atoms with Crippen LogP contribution in [0, 0.1) is 0 Å². The third kappa shape index (κ3) is 6.32. The first kappa shape index (κ1) is 16.3. The molecule has 106 valence electrons. The third-order valence-electron chi connectivity index (χ3n) is 2.41. The lowest BCUT2D eigenvalue weighted by Gasteiger charge is -2.13. The maximum atomic E-state index is 11.8. The van der Waals surface area contributed by atoms with Gasteiger partial charge in [0.1, 0.15) is 0 Å². The van der Waals surface area contributed by atoms with Gasteiger partial charge in [-0.3, -0.25) is 4.79 Å². The largest absolute Gasteiger partial charge is 0.328 e. The van der Waals surface area contributed by atoms with Crippen molar-refractivity contribution in [3.05, 3.63) is 23.2 Å². The van der Waals surface area contributed by atoms with E-state index in [9.17, 15) is 4.79 Å². The lowest BCUT2D eigenvalue weighted by atomic mass is 10.2. The van der Waals surface area contributed by atoms with E-state index >= 15 is 0 Å². The molecule has 0 radical (unpaired) electrons. The van der Waals surface area contributed by atoms with E-state index in [2.05, 4.69) is 19.2 Å². The molecular formula is C14H21ClN2OS. The summed E-state index contributed by atoms with van der Waals surface area (Å²) in [6.45, 7) is 6.12. The first-order valence-electron chi connectivity index (χ1n) is 6.40. The van der Waals surface area contributed by atoms with E-state index < -0.39 is 0 Å². The fourth-order valence-electron chi connectivity index (χ4n) is 1.53. The summed E-state index contributed by atoms with van der Waals surface area (Å²) in [7, 11) is 0. The molecule has 0 spiro atoms. The summed E-state index contributed by atoms with van der Waals surface area (Å²) >= 11 is 7.69. The molecule has 0 aliphatic heterocycles. The monoisotopic (exact) mass is 300 g/mol. The molecule has 0 saturated carbocycles. The van der Waals surface area contributed by atoms with E-state index in [-0.39, 0.29) is 11.9 Å². The highest BCUT2D eigenvalue weighted by molar-refractivity contribution is 8.00. The second-order valence-electron chi connectivity index (χ2n) is 4.87. The van der Waals surface area contributed by atoms with Crippen LogP contribution in [0.2, 0.25) is 5.02 Å². The highest BCUT2D eigenvalue weighted by atomic mass is 35.5. The highest BCUT2D eigenvalue weighted by Gasteiger charge is 2.10. The summed E-state index contributed by atoms with van der Waals surface area (Å²) in [5.41, 5.74) is 6.43. The van der Waals surface area contributed by atoms with E-state index in [1.165, 1.54) is 0 Å². The average molecular weight is 301 g/mol. The molecule has 1 atom stereocenters. The number of anilines is 1. The Labute approximate surface area is 124 Å². The fourth-order valence-corrected chi connectivity index (χ4v) is 2.59. The van der Waals surface area contributed by atoms with Crippen LogP contribution in [0.5, 0.6) is 0 Å². The molecule has 3 nitrogen and oxygen atoms in total. The van der Waals surface area contributed by atoms with Gasteiger partial charge in [-0.15, -0.1) is 11.8 Å². The van der Waals surface area contributed by atoms with Crippen LogP contribution in [0.3, 0.4) is 0 Å². The molecule has 3 N–H and O–H groups in total. The van der Waals surface area contributed by atoms with Crippen molar-refractivity contribution in [3.63, 3.8) is 0 Å². The van der Waals surface area contributed by atoms with Gasteiger partial charge in [0.05, 0.1) is 5.69 Å². The number of hydrogen-bond donors (Lipinski definition) is 2. The number of nitrogens with one attached hydrogen (secondary N) is 1. The molecule has 0 fully saturated rings.